The third-order valence-corrected chi connectivity index (χ3v) is 5.50. The van der Waals surface area contributed by atoms with Crippen LogP contribution in [-0.2, 0) is 6.54 Å². The summed E-state index contributed by atoms with van der Waals surface area (Å²) < 4.78 is 15.6. The van der Waals surface area contributed by atoms with Crippen LogP contribution in [0.3, 0.4) is 0 Å². The van der Waals surface area contributed by atoms with Gasteiger partial charge in [0.15, 0.2) is 0 Å². The first-order valence-corrected chi connectivity index (χ1v) is 9.66. The van der Waals surface area contributed by atoms with Gasteiger partial charge in [0.1, 0.15) is 11.6 Å². The molecular formula is C22H26FN3. The molecule has 1 atom stereocenters. The maximum atomic E-state index is 13.3. The molecule has 0 radical (unpaired) electrons. The average Bonchev–Trinajstić information content (AvgIpc) is 2.83. The highest BCUT2D eigenvalue weighted by atomic mass is 19.1. The van der Waals surface area contributed by atoms with Crippen LogP contribution in [0.5, 0.6) is 0 Å². The predicted octanol–water partition coefficient (Wildman–Crippen LogP) is 5.16. The molecule has 2 aromatic carbocycles. The fourth-order valence-electron chi connectivity index (χ4n) is 4.00. The largest absolute Gasteiger partial charge is 0.322 e. The normalized spacial score (nSPS) is 17.3. The topological polar surface area (TPSA) is 21.1 Å². The van der Waals surface area contributed by atoms with E-state index in [1.54, 1.807) is 0 Å². The molecule has 1 aliphatic heterocycles. The fraction of sp³-hybridized carbons (Fsp3) is 0.409. The van der Waals surface area contributed by atoms with E-state index in [1.807, 2.05) is 18.2 Å². The van der Waals surface area contributed by atoms with Crippen LogP contribution in [0, 0.1) is 5.82 Å². The number of aromatic nitrogens is 2. The van der Waals surface area contributed by atoms with Gasteiger partial charge in [-0.25, -0.2) is 9.37 Å². The molecule has 1 aromatic heterocycles. The maximum Gasteiger partial charge on any atom is 0.127 e. The van der Waals surface area contributed by atoms with Crippen molar-refractivity contribution in [2.75, 3.05) is 13.1 Å². The Hall–Kier alpha value is -2.20. The quantitative estimate of drug-likeness (QED) is 0.647. The summed E-state index contributed by atoms with van der Waals surface area (Å²) in [6.07, 6.45) is 5.19. The van der Waals surface area contributed by atoms with Gasteiger partial charge >= 0.3 is 0 Å². The Morgan fingerprint density at radius 1 is 0.962 bits per heavy atom. The van der Waals surface area contributed by atoms with E-state index >= 15 is 0 Å². The minimum Gasteiger partial charge on any atom is -0.322 e. The van der Waals surface area contributed by atoms with Gasteiger partial charge in [0.25, 0.3) is 0 Å². The molecule has 3 nitrogen and oxygen atoms in total. The molecule has 2 heterocycles. The lowest BCUT2D eigenvalue weighted by Gasteiger charge is -2.27. The number of imidazole rings is 1. The van der Waals surface area contributed by atoms with E-state index in [4.69, 9.17) is 4.98 Å². The standard InChI is InChI=1S/C22H26FN3/c1-17(25-14-6-2-3-7-15-25)22-24-20-8-4-5-9-21(20)26(22)16-18-10-12-19(23)13-11-18/h4-5,8-13,17H,2-3,6-7,14-16H2,1H3. The molecule has 4 rings (SSSR count). The van der Waals surface area contributed by atoms with Crippen LogP contribution in [-0.4, -0.2) is 27.5 Å². The lowest BCUT2D eigenvalue weighted by Crippen LogP contribution is -2.30. The molecule has 0 spiro atoms. The fourth-order valence-corrected chi connectivity index (χ4v) is 4.00. The first-order chi connectivity index (χ1) is 12.7. The Labute approximate surface area is 154 Å². The van der Waals surface area contributed by atoms with Gasteiger partial charge in [0.05, 0.1) is 17.1 Å². The Kier molecular flexibility index (Phi) is 5.02. The molecule has 26 heavy (non-hydrogen) atoms. The van der Waals surface area contributed by atoms with Crippen LogP contribution >= 0.6 is 0 Å². The molecule has 4 heteroatoms. The number of halogens is 1. The second-order valence-corrected chi connectivity index (χ2v) is 7.30. The van der Waals surface area contributed by atoms with Crippen LogP contribution in [0.4, 0.5) is 4.39 Å². The minimum atomic E-state index is -0.192. The first-order valence-electron chi connectivity index (χ1n) is 9.66. The third-order valence-electron chi connectivity index (χ3n) is 5.50. The van der Waals surface area contributed by atoms with Crippen molar-refractivity contribution in [1.82, 2.24) is 14.5 Å². The van der Waals surface area contributed by atoms with Crippen LogP contribution in [0.15, 0.2) is 48.5 Å². The summed E-state index contributed by atoms with van der Waals surface area (Å²) in [5, 5.41) is 0. The second kappa shape index (κ2) is 7.58. The van der Waals surface area contributed by atoms with E-state index in [2.05, 4.69) is 34.6 Å². The number of hydrogen-bond donors (Lipinski definition) is 0. The van der Waals surface area contributed by atoms with Crippen LogP contribution < -0.4 is 0 Å². The van der Waals surface area contributed by atoms with E-state index in [-0.39, 0.29) is 11.9 Å². The molecule has 0 bridgehead atoms. The highest BCUT2D eigenvalue weighted by molar-refractivity contribution is 5.76. The second-order valence-electron chi connectivity index (χ2n) is 7.30. The summed E-state index contributed by atoms with van der Waals surface area (Å²) in [7, 11) is 0. The number of likely N-dealkylation sites (tertiary alicyclic amines) is 1. The lowest BCUT2D eigenvalue weighted by molar-refractivity contribution is 0.208. The molecule has 136 valence electrons. The van der Waals surface area contributed by atoms with Crippen molar-refractivity contribution in [2.45, 2.75) is 45.2 Å². The number of rotatable bonds is 4. The summed E-state index contributed by atoms with van der Waals surface area (Å²) in [5.41, 5.74) is 3.28. The number of nitrogens with zero attached hydrogens (tertiary/aromatic N) is 3. The highest BCUT2D eigenvalue weighted by Crippen LogP contribution is 2.27. The van der Waals surface area contributed by atoms with Crippen molar-refractivity contribution in [3.05, 3.63) is 65.7 Å². The average molecular weight is 351 g/mol. The zero-order chi connectivity index (χ0) is 17.9. The lowest BCUT2D eigenvalue weighted by atomic mass is 10.2. The summed E-state index contributed by atoms with van der Waals surface area (Å²) in [4.78, 5) is 7.54. The zero-order valence-corrected chi connectivity index (χ0v) is 15.4. The van der Waals surface area contributed by atoms with Gasteiger partial charge in [-0.15, -0.1) is 0 Å². The van der Waals surface area contributed by atoms with Crippen molar-refractivity contribution in [1.29, 1.82) is 0 Å². The van der Waals surface area contributed by atoms with Gasteiger partial charge in [-0.1, -0.05) is 37.1 Å². The Bertz CT molecular complexity index is 861. The van der Waals surface area contributed by atoms with Crippen LogP contribution in [0.25, 0.3) is 11.0 Å². The van der Waals surface area contributed by atoms with E-state index in [0.717, 1.165) is 35.5 Å². The van der Waals surface area contributed by atoms with Gasteiger partial charge in [0, 0.05) is 6.54 Å². The maximum absolute atomic E-state index is 13.3. The summed E-state index contributed by atoms with van der Waals surface area (Å²) in [5.74, 6) is 0.917. The molecule has 0 N–H and O–H groups in total. The van der Waals surface area contributed by atoms with E-state index in [0.29, 0.717) is 6.54 Å². The van der Waals surface area contributed by atoms with Gasteiger partial charge in [-0.2, -0.15) is 0 Å². The molecule has 3 aromatic rings. The number of fused-ring (bicyclic) bond motifs is 1. The third kappa shape index (κ3) is 3.51. The molecule has 1 fully saturated rings. The highest BCUT2D eigenvalue weighted by Gasteiger charge is 2.23. The van der Waals surface area contributed by atoms with Gasteiger partial charge in [-0.3, -0.25) is 4.90 Å². The molecule has 1 saturated heterocycles. The van der Waals surface area contributed by atoms with Crippen LogP contribution in [0.2, 0.25) is 0 Å². The van der Waals surface area contributed by atoms with Crippen molar-refractivity contribution >= 4 is 11.0 Å². The first kappa shape index (κ1) is 17.2. The molecule has 1 aliphatic rings. The van der Waals surface area contributed by atoms with Crippen LogP contribution in [0.1, 0.15) is 50.0 Å². The van der Waals surface area contributed by atoms with Crippen molar-refractivity contribution in [2.24, 2.45) is 0 Å². The summed E-state index contributed by atoms with van der Waals surface area (Å²) in [6.45, 7) is 5.27. The molecule has 0 amide bonds. The summed E-state index contributed by atoms with van der Waals surface area (Å²) in [6, 6.07) is 15.4. The molecule has 0 saturated carbocycles. The monoisotopic (exact) mass is 351 g/mol. The van der Waals surface area contributed by atoms with Gasteiger partial charge in [-0.05, 0) is 62.7 Å². The minimum absolute atomic E-state index is 0.192. The Morgan fingerprint density at radius 2 is 1.65 bits per heavy atom. The smallest absolute Gasteiger partial charge is 0.127 e. The van der Waals surface area contributed by atoms with Crippen molar-refractivity contribution in [3.63, 3.8) is 0 Å². The Balaban J connectivity index is 1.72. The predicted molar refractivity (Wildman–Crippen MR) is 104 cm³/mol. The van der Waals surface area contributed by atoms with Gasteiger partial charge in [0.2, 0.25) is 0 Å². The number of para-hydroxylation sites is 2. The number of benzene rings is 2. The SMILES string of the molecule is CC(c1nc2ccccc2n1Cc1ccc(F)cc1)N1CCCCCC1. The Morgan fingerprint density at radius 3 is 2.38 bits per heavy atom. The van der Waals surface area contributed by atoms with Crippen molar-refractivity contribution in [3.8, 4) is 0 Å². The zero-order valence-electron chi connectivity index (χ0n) is 15.4. The van der Waals surface area contributed by atoms with E-state index in [9.17, 15) is 4.39 Å². The number of hydrogen-bond acceptors (Lipinski definition) is 2. The van der Waals surface area contributed by atoms with E-state index in [1.165, 1.54) is 37.8 Å². The van der Waals surface area contributed by atoms with Crippen molar-refractivity contribution < 1.29 is 4.39 Å². The van der Waals surface area contributed by atoms with E-state index < -0.39 is 0 Å². The molecular weight excluding hydrogens is 325 g/mol. The molecule has 0 aliphatic carbocycles. The van der Waals surface area contributed by atoms with Gasteiger partial charge < -0.3 is 4.57 Å². The molecule has 1 unspecified atom stereocenters. The summed E-state index contributed by atoms with van der Waals surface area (Å²) >= 11 is 0.